The van der Waals surface area contributed by atoms with Gasteiger partial charge in [-0.3, -0.25) is 4.79 Å². The number of amides is 1. The van der Waals surface area contributed by atoms with Crippen LogP contribution in [0.25, 0.3) is 17.0 Å². The van der Waals surface area contributed by atoms with Crippen LogP contribution in [-0.2, 0) is 26.0 Å². The zero-order valence-corrected chi connectivity index (χ0v) is 18.5. The minimum absolute atomic E-state index is 0.112. The Bertz CT molecular complexity index is 1180. The van der Waals surface area contributed by atoms with Gasteiger partial charge in [-0.2, -0.15) is 0 Å². The SMILES string of the molecule is CCc1oc2ccccc2c1/C=C/C(=O)Nc1ccc(S(=O)(=O)NC(C)COC)cc1. The number of rotatable bonds is 9. The van der Waals surface area contributed by atoms with E-state index in [9.17, 15) is 13.2 Å². The molecular weight excluding hydrogens is 416 g/mol. The molecule has 0 saturated heterocycles. The summed E-state index contributed by atoms with van der Waals surface area (Å²) < 4.78 is 38.1. The second kappa shape index (κ2) is 9.91. The van der Waals surface area contributed by atoms with Crippen molar-refractivity contribution in [2.45, 2.75) is 31.2 Å². The second-order valence-corrected chi connectivity index (χ2v) is 8.83. The molecule has 0 aliphatic heterocycles. The van der Waals surface area contributed by atoms with E-state index in [4.69, 9.17) is 9.15 Å². The summed E-state index contributed by atoms with van der Waals surface area (Å²) in [6.45, 7) is 3.98. The molecule has 0 aliphatic rings. The van der Waals surface area contributed by atoms with Crippen LogP contribution in [0, 0.1) is 0 Å². The van der Waals surface area contributed by atoms with Crippen LogP contribution in [0.5, 0.6) is 0 Å². The Balaban J connectivity index is 1.69. The number of ether oxygens (including phenoxy) is 1. The minimum atomic E-state index is -3.66. The van der Waals surface area contributed by atoms with Gasteiger partial charge >= 0.3 is 0 Å². The number of furan rings is 1. The standard InChI is InChI=1S/C23H26N2O5S/c1-4-21-20(19-7-5-6-8-22(19)30-21)13-14-23(26)24-17-9-11-18(12-10-17)31(27,28)25-16(2)15-29-3/h5-14,16,25H,4,15H2,1-3H3,(H,24,26)/b14-13+. The first-order valence-corrected chi connectivity index (χ1v) is 11.4. The summed E-state index contributed by atoms with van der Waals surface area (Å²) >= 11 is 0. The predicted molar refractivity (Wildman–Crippen MR) is 121 cm³/mol. The Labute approximate surface area is 182 Å². The molecule has 2 N–H and O–H groups in total. The summed E-state index contributed by atoms with van der Waals surface area (Å²) in [6, 6.07) is 13.3. The Hall–Kier alpha value is -2.94. The first-order valence-electron chi connectivity index (χ1n) is 9.95. The lowest BCUT2D eigenvalue weighted by molar-refractivity contribution is -0.111. The minimum Gasteiger partial charge on any atom is -0.460 e. The monoisotopic (exact) mass is 442 g/mol. The number of anilines is 1. The van der Waals surface area contributed by atoms with E-state index < -0.39 is 10.0 Å². The molecule has 0 bridgehead atoms. The van der Waals surface area contributed by atoms with Crippen molar-refractivity contribution in [1.82, 2.24) is 4.72 Å². The highest BCUT2D eigenvalue weighted by Crippen LogP contribution is 2.27. The normalized spacial score (nSPS) is 13.0. The van der Waals surface area contributed by atoms with Gasteiger partial charge in [-0.25, -0.2) is 13.1 Å². The summed E-state index contributed by atoms with van der Waals surface area (Å²) in [7, 11) is -2.15. The van der Waals surface area contributed by atoms with Crippen LogP contribution in [0.3, 0.4) is 0 Å². The number of para-hydroxylation sites is 1. The van der Waals surface area contributed by atoms with Gasteiger partial charge in [-0.05, 0) is 43.3 Å². The summed E-state index contributed by atoms with van der Waals surface area (Å²) in [4.78, 5) is 12.5. The average Bonchev–Trinajstić information content (AvgIpc) is 3.10. The van der Waals surface area contributed by atoms with Gasteiger partial charge in [0.05, 0.1) is 11.5 Å². The highest BCUT2D eigenvalue weighted by Gasteiger charge is 2.17. The van der Waals surface area contributed by atoms with Crippen LogP contribution >= 0.6 is 0 Å². The number of carbonyl (C=O) groups excluding carboxylic acids is 1. The molecule has 8 heteroatoms. The van der Waals surface area contributed by atoms with Crippen LogP contribution in [0.2, 0.25) is 0 Å². The maximum Gasteiger partial charge on any atom is 0.248 e. The van der Waals surface area contributed by atoms with Crippen LogP contribution in [0.4, 0.5) is 5.69 Å². The molecule has 0 spiro atoms. The number of nitrogens with one attached hydrogen (secondary N) is 2. The van der Waals surface area contributed by atoms with Crippen molar-refractivity contribution < 1.29 is 22.4 Å². The van der Waals surface area contributed by atoms with E-state index in [1.807, 2.05) is 31.2 Å². The molecule has 1 atom stereocenters. The van der Waals surface area contributed by atoms with Crippen LogP contribution in [0.1, 0.15) is 25.2 Å². The smallest absolute Gasteiger partial charge is 0.248 e. The summed E-state index contributed by atoms with van der Waals surface area (Å²) in [5, 5.41) is 3.69. The maximum atomic E-state index is 12.4. The molecule has 0 fully saturated rings. The molecule has 31 heavy (non-hydrogen) atoms. The molecule has 0 radical (unpaired) electrons. The highest BCUT2D eigenvalue weighted by atomic mass is 32.2. The Morgan fingerprint density at radius 1 is 1.16 bits per heavy atom. The third-order valence-corrected chi connectivity index (χ3v) is 6.24. The van der Waals surface area contributed by atoms with Gasteiger partial charge in [0.1, 0.15) is 11.3 Å². The summed E-state index contributed by atoms with van der Waals surface area (Å²) in [6.07, 6.45) is 3.89. The molecule has 1 unspecified atom stereocenters. The van der Waals surface area contributed by atoms with E-state index in [1.165, 1.54) is 25.3 Å². The summed E-state index contributed by atoms with van der Waals surface area (Å²) in [5.41, 5.74) is 2.15. The second-order valence-electron chi connectivity index (χ2n) is 7.11. The third-order valence-electron chi connectivity index (χ3n) is 4.64. The molecule has 1 amide bonds. The zero-order chi connectivity index (χ0) is 22.4. The van der Waals surface area contributed by atoms with E-state index in [2.05, 4.69) is 10.0 Å². The molecule has 1 aromatic heterocycles. The number of sulfonamides is 1. The van der Waals surface area contributed by atoms with Gasteiger partial charge < -0.3 is 14.5 Å². The van der Waals surface area contributed by atoms with Gasteiger partial charge in [-0.1, -0.05) is 25.1 Å². The van der Waals surface area contributed by atoms with Crippen LogP contribution < -0.4 is 10.0 Å². The lowest BCUT2D eigenvalue weighted by Gasteiger charge is -2.13. The van der Waals surface area contributed by atoms with E-state index >= 15 is 0 Å². The molecule has 2 aromatic carbocycles. The van der Waals surface area contributed by atoms with Crippen molar-refractivity contribution in [3.05, 3.63) is 65.9 Å². The van der Waals surface area contributed by atoms with Crippen molar-refractivity contribution in [2.24, 2.45) is 0 Å². The third kappa shape index (κ3) is 5.61. The largest absolute Gasteiger partial charge is 0.460 e. The number of aryl methyl sites for hydroxylation is 1. The van der Waals surface area contributed by atoms with Gasteiger partial charge in [0.2, 0.25) is 15.9 Å². The van der Waals surface area contributed by atoms with E-state index in [1.54, 1.807) is 25.1 Å². The van der Waals surface area contributed by atoms with Crippen LogP contribution in [0.15, 0.2) is 63.9 Å². The maximum absolute atomic E-state index is 12.4. The van der Waals surface area contributed by atoms with Crippen molar-refractivity contribution in [3.8, 4) is 0 Å². The molecule has 3 aromatic rings. The molecule has 1 heterocycles. The number of hydrogen-bond acceptors (Lipinski definition) is 5. The van der Waals surface area contributed by atoms with Gasteiger partial charge in [-0.15, -0.1) is 0 Å². The summed E-state index contributed by atoms with van der Waals surface area (Å²) in [5.74, 6) is 0.491. The van der Waals surface area contributed by atoms with Crippen molar-refractivity contribution in [3.63, 3.8) is 0 Å². The Kier molecular flexibility index (Phi) is 7.27. The molecule has 0 saturated carbocycles. The quantitative estimate of drug-likeness (QED) is 0.489. The number of fused-ring (bicyclic) bond motifs is 1. The Morgan fingerprint density at radius 3 is 2.55 bits per heavy atom. The van der Waals surface area contributed by atoms with Gasteiger partial charge in [0.15, 0.2) is 0 Å². The van der Waals surface area contributed by atoms with Crippen molar-refractivity contribution in [1.29, 1.82) is 0 Å². The number of benzene rings is 2. The molecule has 164 valence electrons. The van der Waals surface area contributed by atoms with E-state index in [0.717, 1.165) is 22.3 Å². The topological polar surface area (TPSA) is 97.6 Å². The predicted octanol–water partition coefficient (Wildman–Crippen LogP) is 3.96. The lowest BCUT2D eigenvalue weighted by atomic mass is 10.1. The fourth-order valence-corrected chi connectivity index (χ4v) is 4.47. The molecular formula is C23H26N2O5S. The first kappa shape index (κ1) is 22.7. The van der Waals surface area contributed by atoms with Crippen molar-refractivity contribution >= 4 is 38.7 Å². The first-order chi connectivity index (χ1) is 14.8. The van der Waals surface area contributed by atoms with Gasteiger partial charge in [0.25, 0.3) is 0 Å². The van der Waals surface area contributed by atoms with E-state index in [-0.39, 0.29) is 23.5 Å². The molecule has 3 rings (SSSR count). The molecule has 0 aliphatic carbocycles. The van der Waals surface area contributed by atoms with Gasteiger partial charge in [0, 0.05) is 42.3 Å². The zero-order valence-electron chi connectivity index (χ0n) is 17.7. The molecule has 7 nitrogen and oxygen atoms in total. The Morgan fingerprint density at radius 2 is 1.87 bits per heavy atom. The fraction of sp³-hybridized carbons (Fsp3) is 0.261. The highest BCUT2D eigenvalue weighted by molar-refractivity contribution is 7.89. The number of hydrogen-bond donors (Lipinski definition) is 2. The lowest BCUT2D eigenvalue weighted by Crippen LogP contribution is -2.35. The number of methoxy groups -OCH3 is 1. The fourth-order valence-electron chi connectivity index (χ4n) is 3.24. The number of carbonyl (C=O) groups is 1. The van der Waals surface area contributed by atoms with E-state index in [0.29, 0.717) is 12.1 Å². The van der Waals surface area contributed by atoms with Crippen molar-refractivity contribution in [2.75, 3.05) is 19.0 Å². The average molecular weight is 443 g/mol. The van der Waals surface area contributed by atoms with Crippen LogP contribution in [-0.4, -0.2) is 34.1 Å².